The molecule has 0 atom stereocenters. The zero-order chi connectivity index (χ0) is 21.9. The summed E-state index contributed by atoms with van der Waals surface area (Å²) in [5.41, 5.74) is 4.29. The highest BCUT2D eigenvalue weighted by molar-refractivity contribution is 5.80. The van der Waals surface area contributed by atoms with E-state index in [9.17, 15) is 9.59 Å². The molecule has 0 aliphatic heterocycles. The topological polar surface area (TPSA) is 67.4 Å². The first-order chi connectivity index (χ1) is 15.1. The van der Waals surface area contributed by atoms with Gasteiger partial charge in [0.2, 0.25) is 11.8 Å². The summed E-state index contributed by atoms with van der Waals surface area (Å²) in [6.45, 7) is 3.34. The summed E-state index contributed by atoms with van der Waals surface area (Å²) in [7, 11) is 0. The molecule has 0 heterocycles. The van der Waals surface area contributed by atoms with E-state index in [4.69, 9.17) is 4.74 Å². The zero-order valence-electron chi connectivity index (χ0n) is 17.8. The number of ether oxygens (including phenoxy) is 1. The van der Waals surface area contributed by atoms with Crippen LogP contribution >= 0.6 is 0 Å². The van der Waals surface area contributed by atoms with Crippen molar-refractivity contribution in [1.29, 1.82) is 0 Å². The number of hydrogen-bond donors (Lipinski definition) is 2. The molecule has 31 heavy (non-hydrogen) atoms. The minimum absolute atomic E-state index is 0.0831. The zero-order valence-corrected chi connectivity index (χ0v) is 17.8. The van der Waals surface area contributed by atoms with Crippen molar-refractivity contribution in [3.8, 4) is 5.75 Å². The van der Waals surface area contributed by atoms with Crippen LogP contribution in [0.3, 0.4) is 0 Å². The number of hydrogen-bond acceptors (Lipinski definition) is 3. The highest BCUT2D eigenvalue weighted by atomic mass is 16.5. The molecule has 5 nitrogen and oxygen atoms in total. The van der Waals surface area contributed by atoms with Crippen LogP contribution in [0.25, 0.3) is 0 Å². The van der Waals surface area contributed by atoms with Crippen LogP contribution in [0.1, 0.15) is 28.7 Å². The maximum absolute atomic E-state index is 12.0. The van der Waals surface area contributed by atoms with Crippen LogP contribution in [-0.4, -0.2) is 18.4 Å². The van der Waals surface area contributed by atoms with Gasteiger partial charge in [0.25, 0.3) is 0 Å². The Bertz CT molecular complexity index is 985. The number of aryl methyl sites for hydroxylation is 1. The van der Waals surface area contributed by atoms with E-state index in [2.05, 4.69) is 29.7 Å². The lowest BCUT2D eigenvalue weighted by molar-refractivity contribution is -0.122. The summed E-state index contributed by atoms with van der Waals surface area (Å²) < 4.78 is 5.82. The fourth-order valence-corrected chi connectivity index (χ4v) is 3.12. The van der Waals surface area contributed by atoms with Crippen molar-refractivity contribution in [1.82, 2.24) is 10.6 Å². The van der Waals surface area contributed by atoms with Gasteiger partial charge in [-0.05, 0) is 35.7 Å². The van der Waals surface area contributed by atoms with Crippen LogP contribution in [0.15, 0.2) is 78.9 Å². The standard InChI is InChI=1S/C26H28N2O3/c1-20-6-5-9-23(16-20)19-31-24-12-10-22(11-13-24)18-28-25(29)14-15-27-26(30)17-21-7-3-2-4-8-21/h2-13,16H,14-15,17-19H2,1H3,(H,27,30)(H,28,29). The van der Waals surface area contributed by atoms with Crippen LogP contribution in [-0.2, 0) is 29.2 Å². The minimum Gasteiger partial charge on any atom is -0.489 e. The van der Waals surface area contributed by atoms with Crippen LogP contribution < -0.4 is 15.4 Å². The normalized spacial score (nSPS) is 10.4. The van der Waals surface area contributed by atoms with Gasteiger partial charge in [-0.2, -0.15) is 0 Å². The van der Waals surface area contributed by atoms with Gasteiger partial charge in [-0.25, -0.2) is 0 Å². The predicted octanol–water partition coefficient (Wildman–Crippen LogP) is 3.94. The van der Waals surface area contributed by atoms with Gasteiger partial charge in [0.05, 0.1) is 6.42 Å². The summed E-state index contributed by atoms with van der Waals surface area (Å²) in [4.78, 5) is 23.9. The van der Waals surface area contributed by atoms with E-state index in [1.54, 1.807) is 0 Å². The number of benzene rings is 3. The van der Waals surface area contributed by atoms with Crippen molar-refractivity contribution in [3.63, 3.8) is 0 Å². The molecule has 5 heteroatoms. The molecule has 0 spiro atoms. The molecule has 0 bridgehead atoms. The third-order valence-electron chi connectivity index (χ3n) is 4.78. The lowest BCUT2D eigenvalue weighted by atomic mass is 10.1. The number of amides is 2. The molecule has 0 saturated heterocycles. The fourth-order valence-electron chi connectivity index (χ4n) is 3.12. The maximum atomic E-state index is 12.0. The lowest BCUT2D eigenvalue weighted by Crippen LogP contribution is -2.31. The predicted molar refractivity (Wildman–Crippen MR) is 122 cm³/mol. The molecule has 3 aromatic carbocycles. The molecule has 2 N–H and O–H groups in total. The van der Waals surface area contributed by atoms with Gasteiger partial charge in [-0.1, -0.05) is 72.3 Å². The molecule has 0 aliphatic carbocycles. The van der Waals surface area contributed by atoms with Crippen LogP contribution in [0.2, 0.25) is 0 Å². The number of carbonyl (C=O) groups is 2. The maximum Gasteiger partial charge on any atom is 0.224 e. The summed E-state index contributed by atoms with van der Waals surface area (Å²) in [6, 6.07) is 25.4. The van der Waals surface area contributed by atoms with E-state index in [0.717, 1.165) is 22.4 Å². The van der Waals surface area contributed by atoms with Gasteiger partial charge >= 0.3 is 0 Å². The molecule has 0 radical (unpaired) electrons. The van der Waals surface area contributed by atoms with Gasteiger partial charge in [0, 0.05) is 19.5 Å². The highest BCUT2D eigenvalue weighted by Gasteiger charge is 2.06. The van der Waals surface area contributed by atoms with Crippen molar-refractivity contribution in [3.05, 3.63) is 101 Å². The van der Waals surface area contributed by atoms with Crippen molar-refractivity contribution in [2.45, 2.75) is 32.9 Å². The van der Waals surface area contributed by atoms with Gasteiger partial charge in [-0.3, -0.25) is 9.59 Å². The first kappa shape index (κ1) is 22.1. The molecule has 3 aromatic rings. The molecule has 0 fully saturated rings. The Morgan fingerprint density at radius 3 is 2.26 bits per heavy atom. The SMILES string of the molecule is Cc1cccc(COc2ccc(CNC(=O)CCNC(=O)Cc3ccccc3)cc2)c1. The molecule has 160 valence electrons. The van der Waals surface area contributed by atoms with Crippen molar-refractivity contribution in [2.24, 2.45) is 0 Å². The van der Waals surface area contributed by atoms with Crippen molar-refractivity contribution in [2.75, 3.05) is 6.54 Å². The van der Waals surface area contributed by atoms with E-state index in [0.29, 0.717) is 26.1 Å². The number of nitrogens with one attached hydrogen (secondary N) is 2. The molecule has 0 aliphatic rings. The Morgan fingerprint density at radius 1 is 0.774 bits per heavy atom. The monoisotopic (exact) mass is 416 g/mol. The first-order valence-corrected chi connectivity index (χ1v) is 10.4. The molecule has 0 unspecified atom stereocenters. The summed E-state index contributed by atoms with van der Waals surface area (Å²) in [5.74, 6) is 0.609. The second-order valence-electron chi connectivity index (χ2n) is 7.46. The summed E-state index contributed by atoms with van der Waals surface area (Å²) >= 11 is 0. The van der Waals surface area contributed by atoms with Gasteiger partial charge in [0.1, 0.15) is 12.4 Å². The molecule has 3 rings (SSSR count). The second kappa shape index (κ2) is 11.6. The van der Waals surface area contributed by atoms with Crippen molar-refractivity contribution < 1.29 is 14.3 Å². The Labute approximate surface area is 183 Å². The smallest absolute Gasteiger partial charge is 0.224 e. The van der Waals surface area contributed by atoms with Gasteiger partial charge < -0.3 is 15.4 Å². The first-order valence-electron chi connectivity index (χ1n) is 10.4. The van der Waals surface area contributed by atoms with E-state index in [-0.39, 0.29) is 18.2 Å². The highest BCUT2D eigenvalue weighted by Crippen LogP contribution is 2.15. The second-order valence-corrected chi connectivity index (χ2v) is 7.46. The average Bonchev–Trinajstić information content (AvgIpc) is 2.78. The van der Waals surface area contributed by atoms with E-state index in [1.165, 1.54) is 5.56 Å². The Kier molecular flexibility index (Phi) is 8.23. The van der Waals surface area contributed by atoms with Gasteiger partial charge in [0.15, 0.2) is 0 Å². The van der Waals surface area contributed by atoms with E-state index >= 15 is 0 Å². The largest absolute Gasteiger partial charge is 0.489 e. The van der Waals surface area contributed by atoms with E-state index in [1.807, 2.05) is 66.7 Å². The fraction of sp³-hybridized carbons (Fsp3) is 0.231. The Balaban J connectivity index is 1.33. The van der Waals surface area contributed by atoms with Crippen LogP contribution in [0, 0.1) is 6.92 Å². The van der Waals surface area contributed by atoms with Crippen molar-refractivity contribution >= 4 is 11.8 Å². The minimum atomic E-state index is -0.0974. The molecular formula is C26H28N2O3. The Morgan fingerprint density at radius 2 is 1.52 bits per heavy atom. The third-order valence-corrected chi connectivity index (χ3v) is 4.78. The molecular weight excluding hydrogens is 388 g/mol. The lowest BCUT2D eigenvalue weighted by Gasteiger charge is -2.09. The third kappa shape index (κ3) is 7.97. The molecule has 0 saturated carbocycles. The Hall–Kier alpha value is -3.60. The van der Waals surface area contributed by atoms with Crippen LogP contribution in [0.4, 0.5) is 0 Å². The van der Waals surface area contributed by atoms with E-state index < -0.39 is 0 Å². The quantitative estimate of drug-likeness (QED) is 0.526. The number of rotatable bonds is 10. The molecule has 0 aromatic heterocycles. The summed E-state index contributed by atoms with van der Waals surface area (Å²) in [5, 5.41) is 5.66. The van der Waals surface area contributed by atoms with Gasteiger partial charge in [-0.15, -0.1) is 0 Å². The average molecular weight is 417 g/mol. The number of carbonyl (C=O) groups excluding carboxylic acids is 2. The van der Waals surface area contributed by atoms with Crippen LogP contribution in [0.5, 0.6) is 5.75 Å². The summed E-state index contributed by atoms with van der Waals surface area (Å²) in [6.07, 6.45) is 0.568. The molecule has 2 amide bonds.